The maximum Gasteiger partial charge on any atom is 0.273 e. The van der Waals surface area contributed by atoms with Crippen LogP contribution in [0.4, 0.5) is 5.69 Å². The molecule has 1 aromatic carbocycles. The Kier molecular flexibility index (Phi) is 3.24. The van der Waals surface area contributed by atoms with Gasteiger partial charge >= 0.3 is 0 Å². The second-order valence-electron chi connectivity index (χ2n) is 5.20. The van der Waals surface area contributed by atoms with Crippen LogP contribution in [0.5, 0.6) is 0 Å². The zero-order valence-corrected chi connectivity index (χ0v) is 13.9. The predicted molar refractivity (Wildman–Crippen MR) is 87.0 cm³/mol. The summed E-state index contributed by atoms with van der Waals surface area (Å²) in [6.07, 6.45) is 0.733. The molecular formula is C15H13N3O3S2. The van der Waals surface area contributed by atoms with E-state index in [-0.39, 0.29) is 4.21 Å². The van der Waals surface area contributed by atoms with Crippen LogP contribution < -0.4 is 4.31 Å². The van der Waals surface area contributed by atoms with Crippen molar-refractivity contribution in [3.05, 3.63) is 47.9 Å². The number of thiophene rings is 1. The summed E-state index contributed by atoms with van der Waals surface area (Å²) in [6.45, 7) is 2.16. The number of aromatic nitrogens is 2. The van der Waals surface area contributed by atoms with E-state index in [1.165, 1.54) is 4.31 Å². The maximum atomic E-state index is 12.9. The molecule has 1 aliphatic heterocycles. The standard InChI is InChI=1S/C15H13N3O3S2/c1-10-16-17-15(21-10)13-6-7-14(22-13)23(19,20)18-9-8-11-4-2-3-5-12(11)18/h2-7H,8-9H2,1H3. The van der Waals surface area contributed by atoms with Gasteiger partial charge in [-0.25, -0.2) is 8.42 Å². The summed E-state index contributed by atoms with van der Waals surface area (Å²) in [6, 6.07) is 10.9. The van der Waals surface area contributed by atoms with Gasteiger partial charge in [-0.1, -0.05) is 18.2 Å². The first kappa shape index (κ1) is 14.4. The average Bonchev–Trinajstić information content (AvgIpc) is 3.25. The molecule has 0 radical (unpaired) electrons. The topological polar surface area (TPSA) is 76.3 Å². The number of benzene rings is 1. The van der Waals surface area contributed by atoms with Gasteiger partial charge in [0, 0.05) is 13.5 Å². The first-order valence-electron chi connectivity index (χ1n) is 7.07. The minimum absolute atomic E-state index is 0.278. The van der Waals surface area contributed by atoms with Crippen LogP contribution in [0, 0.1) is 6.92 Å². The van der Waals surface area contributed by atoms with Gasteiger partial charge in [-0.3, -0.25) is 4.31 Å². The summed E-state index contributed by atoms with van der Waals surface area (Å²) < 4.78 is 32.9. The zero-order valence-electron chi connectivity index (χ0n) is 12.3. The van der Waals surface area contributed by atoms with E-state index in [1.54, 1.807) is 19.1 Å². The van der Waals surface area contributed by atoms with Gasteiger partial charge in [0.1, 0.15) is 4.21 Å². The highest BCUT2D eigenvalue weighted by atomic mass is 32.2. The lowest BCUT2D eigenvalue weighted by molar-refractivity contribution is 0.534. The van der Waals surface area contributed by atoms with E-state index in [4.69, 9.17) is 4.42 Å². The Hall–Kier alpha value is -2.19. The number of hydrogen-bond donors (Lipinski definition) is 0. The summed E-state index contributed by atoms with van der Waals surface area (Å²) in [5.41, 5.74) is 1.82. The molecule has 0 fully saturated rings. The molecule has 0 saturated heterocycles. The van der Waals surface area contributed by atoms with E-state index in [0.29, 0.717) is 23.2 Å². The second kappa shape index (κ2) is 5.17. The Morgan fingerprint density at radius 1 is 1.17 bits per heavy atom. The molecule has 0 atom stereocenters. The van der Waals surface area contributed by atoms with Gasteiger partial charge in [0.15, 0.2) is 0 Å². The van der Waals surface area contributed by atoms with Crippen LogP contribution >= 0.6 is 11.3 Å². The second-order valence-corrected chi connectivity index (χ2v) is 8.37. The Morgan fingerprint density at radius 2 is 2.00 bits per heavy atom. The van der Waals surface area contributed by atoms with Crippen LogP contribution in [-0.2, 0) is 16.4 Å². The Labute approximate surface area is 137 Å². The first-order chi connectivity index (χ1) is 11.1. The summed E-state index contributed by atoms with van der Waals surface area (Å²) in [5, 5.41) is 7.70. The smallest absolute Gasteiger partial charge is 0.273 e. The molecule has 23 heavy (non-hydrogen) atoms. The normalized spacial score (nSPS) is 14.2. The van der Waals surface area contributed by atoms with E-state index in [9.17, 15) is 8.42 Å². The molecule has 6 nitrogen and oxygen atoms in total. The predicted octanol–water partition coefficient (Wildman–Crippen LogP) is 2.86. The van der Waals surface area contributed by atoms with Crippen LogP contribution in [0.15, 0.2) is 45.0 Å². The van der Waals surface area contributed by atoms with Crippen LogP contribution in [0.2, 0.25) is 0 Å². The minimum atomic E-state index is -3.57. The number of aryl methyl sites for hydroxylation is 1. The van der Waals surface area contributed by atoms with Crippen molar-refractivity contribution in [3.63, 3.8) is 0 Å². The van der Waals surface area contributed by atoms with Gasteiger partial charge in [-0.05, 0) is 30.2 Å². The number of sulfonamides is 1. The van der Waals surface area contributed by atoms with E-state index in [1.807, 2.05) is 24.3 Å². The zero-order chi connectivity index (χ0) is 16.0. The van der Waals surface area contributed by atoms with E-state index in [0.717, 1.165) is 29.0 Å². The highest BCUT2D eigenvalue weighted by molar-refractivity contribution is 7.94. The molecule has 0 N–H and O–H groups in total. The number of rotatable bonds is 3. The van der Waals surface area contributed by atoms with Crippen LogP contribution in [0.25, 0.3) is 10.8 Å². The molecule has 0 saturated carbocycles. The lowest BCUT2D eigenvalue weighted by Gasteiger charge is -2.18. The van der Waals surface area contributed by atoms with Gasteiger partial charge in [0.2, 0.25) is 5.89 Å². The summed E-state index contributed by atoms with van der Waals surface area (Å²) in [5.74, 6) is 0.794. The van der Waals surface area contributed by atoms with Crippen LogP contribution in [0.3, 0.4) is 0 Å². The third-order valence-corrected chi connectivity index (χ3v) is 7.06. The van der Waals surface area contributed by atoms with Crippen molar-refractivity contribution in [2.24, 2.45) is 0 Å². The summed E-state index contributed by atoms with van der Waals surface area (Å²) in [7, 11) is -3.57. The summed E-state index contributed by atoms with van der Waals surface area (Å²) in [4.78, 5) is 0.650. The molecule has 3 aromatic rings. The highest BCUT2D eigenvalue weighted by Gasteiger charge is 2.32. The fourth-order valence-electron chi connectivity index (χ4n) is 2.64. The van der Waals surface area contributed by atoms with Crippen LogP contribution in [-0.4, -0.2) is 25.2 Å². The molecule has 0 unspecified atom stereocenters. The van der Waals surface area contributed by atoms with Crippen molar-refractivity contribution in [2.45, 2.75) is 17.6 Å². The maximum absolute atomic E-state index is 12.9. The number of hydrogen-bond acceptors (Lipinski definition) is 6. The number of nitrogens with zero attached hydrogens (tertiary/aromatic N) is 3. The molecule has 1 aliphatic rings. The van der Waals surface area contributed by atoms with Crippen molar-refractivity contribution in [1.29, 1.82) is 0 Å². The van der Waals surface area contributed by atoms with Gasteiger partial charge in [-0.15, -0.1) is 21.5 Å². The molecule has 2 aromatic heterocycles. The van der Waals surface area contributed by atoms with E-state index >= 15 is 0 Å². The number of para-hydroxylation sites is 1. The molecule has 3 heterocycles. The summed E-state index contributed by atoms with van der Waals surface area (Å²) >= 11 is 1.14. The number of anilines is 1. The third-order valence-electron chi connectivity index (χ3n) is 3.71. The van der Waals surface area contributed by atoms with Crippen molar-refractivity contribution in [1.82, 2.24) is 10.2 Å². The molecule has 118 valence electrons. The SMILES string of the molecule is Cc1nnc(-c2ccc(S(=O)(=O)N3CCc4ccccc43)s2)o1. The van der Waals surface area contributed by atoms with Crippen molar-refractivity contribution in [3.8, 4) is 10.8 Å². The molecule has 0 amide bonds. The third kappa shape index (κ3) is 2.34. The quantitative estimate of drug-likeness (QED) is 0.728. The Morgan fingerprint density at radius 3 is 2.78 bits per heavy atom. The monoisotopic (exact) mass is 347 g/mol. The molecule has 8 heteroatoms. The Bertz CT molecular complexity index is 975. The van der Waals surface area contributed by atoms with Gasteiger partial charge in [0.05, 0.1) is 10.6 Å². The lowest BCUT2D eigenvalue weighted by Crippen LogP contribution is -2.28. The molecule has 4 rings (SSSR count). The fourth-order valence-corrected chi connectivity index (χ4v) is 5.48. The average molecular weight is 347 g/mol. The number of fused-ring (bicyclic) bond motifs is 1. The lowest BCUT2D eigenvalue weighted by atomic mass is 10.2. The molecule has 0 aliphatic carbocycles. The van der Waals surface area contributed by atoms with Gasteiger partial charge in [-0.2, -0.15) is 0 Å². The van der Waals surface area contributed by atoms with E-state index < -0.39 is 10.0 Å². The van der Waals surface area contributed by atoms with Crippen molar-refractivity contribution in [2.75, 3.05) is 10.8 Å². The fraction of sp³-hybridized carbons (Fsp3) is 0.200. The van der Waals surface area contributed by atoms with Crippen molar-refractivity contribution >= 4 is 27.0 Å². The Balaban J connectivity index is 1.72. The minimum Gasteiger partial charge on any atom is -0.420 e. The first-order valence-corrected chi connectivity index (χ1v) is 9.32. The van der Waals surface area contributed by atoms with Crippen LogP contribution in [0.1, 0.15) is 11.5 Å². The van der Waals surface area contributed by atoms with Gasteiger partial charge < -0.3 is 4.42 Å². The molecule has 0 spiro atoms. The molecular weight excluding hydrogens is 334 g/mol. The molecule has 0 bridgehead atoms. The van der Waals surface area contributed by atoms with Crippen molar-refractivity contribution < 1.29 is 12.8 Å². The van der Waals surface area contributed by atoms with Gasteiger partial charge in [0.25, 0.3) is 15.9 Å². The van der Waals surface area contributed by atoms with E-state index in [2.05, 4.69) is 10.2 Å². The largest absolute Gasteiger partial charge is 0.420 e. The highest BCUT2D eigenvalue weighted by Crippen LogP contribution is 2.36.